The van der Waals surface area contributed by atoms with Crippen LogP contribution in [0.15, 0.2) is 11.6 Å². The molecule has 0 aromatic rings. The summed E-state index contributed by atoms with van der Waals surface area (Å²) in [5.41, 5.74) is 1.08. The zero-order valence-electron chi connectivity index (χ0n) is 19.9. The third-order valence-corrected chi connectivity index (χ3v) is 9.79. The second kappa shape index (κ2) is 8.48. The third kappa shape index (κ3) is 3.72. The van der Waals surface area contributed by atoms with Gasteiger partial charge in [0.15, 0.2) is 5.78 Å². The molecule has 0 aromatic carbocycles. The zero-order valence-corrected chi connectivity index (χ0v) is 19.9. The molecule has 0 spiro atoms. The fourth-order valence-electron chi connectivity index (χ4n) is 8.15. The van der Waals surface area contributed by atoms with Crippen LogP contribution in [-0.2, 0) is 19.1 Å². The van der Waals surface area contributed by atoms with Crippen molar-refractivity contribution in [2.75, 3.05) is 0 Å². The van der Waals surface area contributed by atoms with Gasteiger partial charge in [0.25, 0.3) is 0 Å². The van der Waals surface area contributed by atoms with E-state index in [0.717, 1.165) is 57.8 Å². The maximum Gasteiger partial charge on any atom is 0.306 e. The van der Waals surface area contributed by atoms with E-state index in [2.05, 4.69) is 20.8 Å². The lowest BCUT2D eigenvalue weighted by Gasteiger charge is -2.59. The lowest BCUT2D eigenvalue weighted by atomic mass is 9.46. The van der Waals surface area contributed by atoms with Crippen LogP contribution in [0.25, 0.3) is 0 Å². The van der Waals surface area contributed by atoms with E-state index in [1.54, 1.807) is 6.92 Å². The molecule has 31 heavy (non-hydrogen) atoms. The fourth-order valence-corrected chi connectivity index (χ4v) is 8.15. The summed E-state index contributed by atoms with van der Waals surface area (Å²) < 4.78 is 6.07. The molecule has 0 aliphatic heterocycles. The van der Waals surface area contributed by atoms with E-state index in [4.69, 9.17) is 4.74 Å². The molecule has 0 heterocycles. The van der Waals surface area contributed by atoms with E-state index in [1.807, 2.05) is 6.08 Å². The van der Waals surface area contributed by atoms with Crippen LogP contribution in [-0.4, -0.2) is 23.6 Å². The number of hydrogen-bond acceptors (Lipinski definition) is 4. The van der Waals surface area contributed by atoms with E-state index in [1.165, 1.54) is 5.57 Å². The van der Waals surface area contributed by atoms with Crippen LogP contribution in [0, 0.1) is 34.5 Å². The first-order chi connectivity index (χ1) is 14.7. The van der Waals surface area contributed by atoms with Gasteiger partial charge in [0.1, 0.15) is 11.9 Å². The SMILES string of the molecule is CCCCCC(=O)OC1CC(=O)C=C2CC[C@H]3[C@@H]4CC[C@@H](C(C)=O)[C@@]4(C)CC[C@@H]3[C@]21C. The van der Waals surface area contributed by atoms with E-state index in [9.17, 15) is 14.4 Å². The molecule has 4 heteroatoms. The molecular weight excluding hydrogens is 388 g/mol. The summed E-state index contributed by atoms with van der Waals surface area (Å²) in [4.78, 5) is 37.5. The van der Waals surface area contributed by atoms with Gasteiger partial charge < -0.3 is 4.74 Å². The Balaban J connectivity index is 1.59. The van der Waals surface area contributed by atoms with Crippen molar-refractivity contribution < 1.29 is 19.1 Å². The molecule has 0 amide bonds. The van der Waals surface area contributed by atoms with Crippen molar-refractivity contribution in [2.45, 2.75) is 104 Å². The van der Waals surface area contributed by atoms with Gasteiger partial charge in [-0.15, -0.1) is 0 Å². The molecule has 0 aromatic heterocycles. The van der Waals surface area contributed by atoms with Gasteiger partial charge in [0, 0.05) is 24.2 Å². The van der Waals surface area contributed by atoms with E-state index in [-0.39, 0.29) is 34.6 Å². The summed E-state index contributed by atoms with van der Waals surface area (Å²) in [7, 11) is 0. The summed E-state index contributed by atoms with van der Waals surface area (Å²) in [6.07, 6.45) is 11.6. The Kier molecular flexibility index (Phi) is 6.22. The topological polar surface area (TPSA) is 60.4 Å². The number of ketones is 2. The number of carbonyl (C=O) groups is 3. The third-order valence-electron chi connectivity index (χ3n) is 9.79. The molecule has 4 rings (SSSR count). The number of carbonyl (C=O) groups excluding carboxylic acids is 3. The van der Waals surface area contributed by atoms with E-state index in [0.29, 0.717) is 36.4 Å². The number of Topliss-reactive ketones (excluding diaryl/α,β-unsaturated/α-hetero) is 1. The Morgan fingerprint density at radius 2 is 1.87 bits per heavy atom. The predicted molar refractivity (Wildman–Crippen MR) is 120 cm³/mol. The zero-order chi connectivity index (χ0) is 22.4. The Hall–Kier alpha value is -1.45. The Labute approximate surface area is 187 Å². The molecule has 1 unspecified atom stereocenters. The molecule has 7 atom stereocenters. The van der Waals surface area contributed by atoms with Crippen molar-refractivity contribution in [1.82, 2.24) is 0 Å². The van der Waals surface area contributed by atoms with Gasteiger partial charge in [-0.3, -0.25) is 14.4 Å². The monoisotopic (exact) mass is 428 g/mol. The number of ether oxygens (including phenoxy) is 1. The number of esters is 1. The average molecular weight is 429 g/mol. The largest absolute Gasteiger partial charge is 0.461 e. The van der Waals surface area contributed by atoms with Crippen LogP contribution in [0.4, 0.5) is 0 Å². The highest BCUT2D eigenvalue weighted by Crippen LogP contribution is 2.67. The maximum atomic E-state index is 12.6. The fraction of sp³-hybridized carbons (Fsp3) is 0.815. The highest BCUT2D eigenvalue weighted by atomic mass is 16.5. The molecule has 172 valence electrons. The minimum absolute atomic E-state index is 0.107. The van der Waals surface area contributed by atoms with Gasteiger partial charge in [0.05, 0.1) is 0 Å². The van der Waals surface area contributed by atoms with Crippen LogP contribution < -0.4 is 0 Å². The van der Waals surface area contributed by atoms with E-state index >= 15 is 0 Å². The average Bonchev–Trinajstić information content (AvgIpc) is 3.06. The van der Waals surface area contributed by atoms with Gasteiger partial charge in [-0.1, -0.05) is 39.2 Å². The summed E-state index contributed by atoms with van der Waals surface area (Å²) >= 11 is 0. The van der Waals surface area contributed by atoms with Crippen LogP contribution in [0.1, 0.15) is 98.3 Å². The van der Waals surface area contributed by atoms with Gasteiger partial charge in [-0.2, -0.15) is 0 Å². The van der Waals surface area contributed by atoms with Gasteiger partial charge in [0.2, 0.25) is 0 Å². The second-order valence-corrected chi connectivity index (χ2v) is 11.3. The Bertz CT molecular complexity index is 782. The first-order valence-electron chi connectivity index (χ1n) is 12.7. The van der Waals surface area contributed by atoms with E-state index < -0.39 is 0 Å². The Morgan fingerprint density at radius 3 is 2.58 bits per heavy atom. The van der Waals surface area contributed by atoms with Crippen molar-refractivity contribution in [3.05, 3.63) is 11.6 Å². The molecule has 0 N–H and O–H groups in total. The van der Waals surface area contributed by atoms with Crippen molar-refractivity contribution >= 4 is 17.5 Å². The smallest absolute Gasteiger partial charge is 0.306 e. The first kappa shape index (κ1) is 22.7. The molecule has 0 radical (unpaired) electrons. The van der Waals surface area contributed by atoms with Crippen LogP contribution in [0.2, 0.25) is 0 Å². The quantitative estimate of drug-likeness (QED) is 0.395. The standard InChI is InChI=1S/C27H40O4/c1-5-6-7-8-25(30)31-24-16-19(29)15-18-9-10-20-22-12-11-21(17(2)28)26(22,3)14-13-23(20)27(18,24)4/h15,20-24H,5-14,16H2,1-4H3/t20-,21-,22-,23-,24?,26+,27-/m0/s1. The van der Waals surface area contributed by atoms with Gasteiger partial charge in [-0.05, 0) is 81.1 Å². The highest BCUT2D eigenvalue weighted by Gasteiger charge is 2.62. The van der Waals surface area contributed by atoms with Crippen LogP contribution >= 0.6 is 0 Å². The molecule has 3 saturated carbocycles. The Morgan fingerprint density at radius 1 is 1.10 bits per heavy atom. The number of hydrogen-bond donors (Lipinski definition) is 0. The van der Waals surface area contributed by atoms with Crippen LogP contribution in [0.5, 0.6) is 0 Å². The molecule has 0 saturated heterocycles. The second-order valence-electron chi connectivity index (χ2n) is 11.3. The normalized spacial score (nSPS) is 41.6. The summed E-state index contributed by atoms with van der Waals surface area (Å²) in [6, 6.07) is 0. The lowest BCUT2D eigenvalue weighted by molar-refractivity contribution is -0.166. The summed E-state index contributed by atoms with van der Waals surface area (Å²) in [5, 5.41) is 0. The number of unbranched alkanes of at least 4 members (excludes halogenated alkanes) is 2. The highest BCUT2D eigenvalue weighted by molar-refractivity contribution is 5.92. The minimum atomic E-state index is -0.337. The first-order valence-corrected chi connectivity index (χ1v) is 12.7. The van der Waals surface area contributed by atoms with Gasteiger partial charge in [-0.25, -0.2) is 0 Å². The molecule has 0 bridgehead atoms. The van der Waals surface area contributed by atoms with Crippen molar-refractivity contribution in [3.63, 3.8) is 0 Å². The molecular formula is C27H40O4. The number of fused-ring (bicyclic) bond motifs is 5. The minimum Gasteiger partial charge on any atom is -0.461 e. The van der Waals surface area contributed by atoms with Gasteiger partial charge >= 0.3 is 5.97 Å². The van der Waals surface area contributed by atoms with Crippen molar-refractivity contribution in [1.29, 1.82) is 0 Å². The molecule has 3 fully saturated rings. The van der Waals surface area contributed by atoms with Crippen molar-refractivity contribution in [3.8, 4) is 0 Å². The molecule has 4 aliphatic carbocycles. The predicted octanol–water partition coefficient (Wildman–Crippen LogP) is 5.83. The van der Waals surface area contributed by atoms with Crippen molar-refractivity contribution in [2.24, 2.45) is 34.5 Å². The molecule has 4 aliphatic rings. The van der Waals surface area contributed by atoms with Crippen LogP contribution in [0.3, 0.4) is 0 Å². The summed E-state index contributed by atoms with van der Waals surface area (Å²) in [6.45, 7) is 8.53. The maximum absolute atomic E-state index is 12.6. The summed E-state index contributed by atoms with van der Waals surface area (Å²) in [5.74, 6) is 2.07. The lowest BCUT2D eigenvalue weighted by Crippen LogP contribution is -2.56. The molecule has 4 nitrogen and oxygen atoms in total. The number of rotatable bonds is 6.